The summed E-state index contributed by atoms with van der Waals surface area (Å²) in [6, 6.07) is 20.0. The summed E-state index contributed by atoms with van der Waals surface area (Å²) in [5, 5.41) is 15.7. The Bertz CT molecular complexity index is 1300. The summed E-state index contributed by atoms with van der Waals surface area (Å²) in [7, 11) is 0. The molecule has 0 spiro atoms. The number of thioether (sulfide) groups is 1. The van der Waals surface area contributed by atoms with Crippen molar-refractivity contribution < 1.29 is 4.39 Å². The van der Waals surface area contributed by atoms with Gasteiger partial charge in [0.2, 0.25) is 0 Å². The minimum atomic E-state index is -0.289. The van der Waals surface area contributed by atoms with Crippen molar-refractivity contribution in [3.8, 4) is 17.1 Å². The number of hydrogen-bond acceptors (Lipinski definition) is 7. The largest absolute Gasteiger partial charge is 0.332 e. The van der Waals surface area contributed by atoms with E-state index in [4.69, 9.17) is 0 Å². The number of benzene rings is 2. The van der Waals surface area contributed by atoms with Crippen molar-refractivity contribution >= 4 is 33.9 Å². The molecule has 0 atom stereocenters. The van der Waals surface area contributed by atoms with Gasteiger partial charge in [-0.3, -0.25) is 9.55 Å². The number of halogens is 1. The lowest BCUT2D eigenvalue weighted by Gasteiger charge is -2.10. The number of nitrogens with zero attached hydrogens (tertiary/aromatic N) is 5. The lowest BCUT2D eigenvalue weighted by atomic mass is 10.2. The monoisotopic (exact) mass is 460 g/mol. The van der Waals surface area contributed by atoms with E-state index < -0.39 is 0 Å². The number of pyridine rings is 1. The molecule has 0 aliphatic carbocycles. The lowest BCUT2D eigenvalue weighted by Crippen LogP contribution is -2.00. The van der Waals surface area contributed by atoms with Gasteiger partial charge >= 0.3 is 0 Å². The maximum atomic E-state index is 13.5. The van der Waals surface area contributed by atoms with Crippen LogP contribution in [0.2, 0.25) is 0 Å². The first kappa shape index (κ1) is 20.3. The molecule has 32 heavy (non-hydrogen) atoms. The third kappa shape index (κ3) is 4.53. The van der Waals surface area contributed by atoms with Crippen LogP contribution in [0.4, 0.5) is 15.2 Å². The SMILES string of the molecule is Fc1ccc(-n2c(SCc3csc(Nc4ccccc4)n3)nnc2-c2ccncc2)cc1. The van der Waals surface area contributed by atoms with E-state index in [0.29, 0.717) is 16.7 Å². The number of thiazole rings is 1. The minimum Gasteiger partial charge on any atom is -0.332 e. The average Bonchev–Trinajstić information content (AvgIpc) is 3.46. The molecule has 3 heterocycles. The van der Waals surface area contributed by atoms with Gasteiger partial charge < -0.3 is 5.32 Å². The summed E-state index contributed by atoms with van der Waals surface area (Å²) in [5.41, 5.74) is 3.61. The molecule has 0 saturated heterocycles. The molecule has 0 bridgehead atoms. The van der Waals surface area contributed by atoms with E-state index in [0.717, 1.165) is 27.8 Å². The molecule has 0 fully saturated rings. The maximum absolute atomic E-state index is 13.5. The Morgan fingerprint density at radius 1 is 0.938 bits per heavy atom. The van der Waals surface area contributed by atoms with Crippen LogP contribution in [-0.4, -0.2) is 24.7 Å². The van der Waals surface area contributed by atoms with Crippen molar-refractivity contribution in [2.75, 3.05) is 5.32 Å². The number of rotatable bonds is 7. The zero-order chi connectivity index (χ0) is 21.8. The molecular formula is C23H17FN6S2. The topological polar surface area (TPSA) is 68.5 Å². The fourth-order valence-corrected chi connectivity index (χ4v) is 4.77. The maximum Gasteiger partial charge on any atom is 0.196 e. The van der Waals surface area contributed by atoms with E-state index >= 15 is 0 Å². The van der Waals surface area contributed by atoms with Crippen LogP contribution in [0.3, 0.4) is 0 Å². The Morgan fingerprint density at radius 2 is 1.72 bits per heavy atom. The van der Waals surface area contributed by atoms with Crippen LogP contribution >= 0.6 is 23.1 Å². The molecule has 3 aromatic heterocycles. The van der Waals surface area contributed by atoms with Crippen LogP contribution < -0.4 is 5.32 Å². The van der Waals surface area contributed by atoms with Gasteiger partial charge in [0, 0.05) is 40.5 Å². The van der Waals surface area contributed by atoms with E-state index in [1.807, 2.05) is 52.4 Å². The molecule has 0 amide bonds. The highest BCUT2D eigenvalue weighted by Crippen LogP contribution is 2.31. The molecule has 158 valence electrons. The third-order valence-corrected chi connectivity index (χ3v) is 6.35. The Morgan fingerprint density at radius 3 is 2.50 bits per heavy atom. The highest BCUT2D eigenvalue weighted by molar-refractivity contribution is 7.98. The van der Waals surface area contributed by atoms with Gasteiger partial charge in [0.05, 0.1) is 5.69 Å². The average molecular weight is 461 g/mol. The summed E-state index contributed by atoms with van der Waals surface area (Å²) in [4.78, 5) is 8.75. The molecule has 5 rings (SSSR count). The zero-order valence-electron chi connectivity index (χ0n) is 16.7. The van der Waals surface area contributed by atoms with Crippen LogP contribution in [0, 0.1) is 5.82 Å². The Kier molecular flexibility index (Phi) is 5.91. The lowest BCUT2D eigenvalue weighted by molar-refractivity contribution is 0.627. The van der Waals surface area contributed by atoms with Crippen molar-refractivity contribution in [2.24, 2.45) is 0 Å². The first-order valence-electron chi connectivity index (χ1n) is 9.77. The summed E-state index contributed by atoms with van der Waals surface area (Å²) in [5.74, 6) is 1.01. The molecule has 0 aliphatic heterocycles. The van der Waals surface area contributed by atoms with Crippen molar-refractivity contribution in [2.45, 2.75) is 10.9 Å². The molecule has 9 heteroatoms. The highest BCUT2D eigenvalue weighted by atomic mass is 32.2. The zero-order valence-corrected chi connectivity index (χ0v) is 18.4. The van der Waals surface area contributed by atoms with E-state index in [-0.39, 0.29) is 5.82 Å². The van der Waals surface area contributed by atoms with Gasteiger partial charge in [-0.2, -0.15) is 0 Å². The van der Waals surface area contributed by atoms with Gasteiger partial charge in [0.1, 0.15) is 5.82 Å². The second-order valence-electron chi connectivity index (χ2n) is 6.78. The Balaban J connectivity index is 1.39. The second kappa shape index (κ2) is 9.29. The van der Waals surface area contributed by atoms with Crippen LogP contribution in [0.15, 0.2) is 89.7 Å². The number of para-hydroxylation sites is 1. The van der Waals surface area contributed by atoms with Crippen LogP contribution in [-0.2, 0) is 5.75 Å². The van der Waals surface area contributed by atoms with Gasteiger partial charge in [-0.05, 0) is 48.5 Å². The molecule has 5 aromatic rings. The van der Waals surface area contributed by atoms with Gasteiger partial charge in [-0.1, -0.05) is 30.0 Å². The summed E-state index contributed by atoms with van der Waals surface area (Å²) in [6.07, 6.45) is 3.42. The predicted octanol–water partition coefficient (Wildman–Crippen LogP) is 5.96. The molecule has 0 unspecified atom stereocenters. The minimum absolute atomic E-state index is 0.289. The first-order valence-corrected chi connectivity index (χ1v) is 11.6. The standard InChI is InChI=1S/C23H17FN6S2/c24-17-6-8-20(9-7-17)30-21(16-10-12-25-13-11-16)28-29-23(30)32-15-19-14-31-22(27-19)26-18-4-2-1-3-5-18/h1-14H,15H2,(H,26,27). The van der Waals surface area contributed by atoms with Crippen LogP contribution in [0.25, 0.3) is 17.1 Å². The van der Waals surface area contributed by atoms with E-state index in [2.05, 4.69) is 25.5 Å². The summed E-state index contributed by atoms with van der Waals surface area (Å²) < 4.78 is 15.4. The summed E-state index contributed by atoms with van der Waals surface area (Å²) >= 11 is 3.09. The van der Waals surface area contributed by atoms with Crippen molar-refractivity contribution in [3.05, 3.63) is 96.0 Å². The first-order chi connectivity index (χ1) is 15.8. The number of anilines is 2. The van der Waals surface area contributed by atoms with E-state index in [9.17, 15) is 4.39 Å². The molecule has 0 radical (unpaired) electrons. The molecule has 1 N–H and O–H groups in total. The van der Waals surface area contributed by atoms with Crippen molar-refractivity contribution in [1.82, 2.24) is 24.7 Å². The quantitative estimate of drug-likeness (QED) is 0.302. The number of hydrogen-bond donors (Lipinski definition) is 1. The van der Waals surface area contributed by atoms with Gasteiger partial charge in [-0.25, -0.2) is 9.37 Å². The molecule has 2 aromatic carbocycles. The van der Waals surface area contributed by atoms with Crippen molar-refractivity contribution in [1.29, 1.82) is 0 Å². The van der Waals surface area contributed by atoms with Crippen molar-refractivity contribution in [3.63, 3.8) is 0 Å². The third-order valence-electron chi connectivity index (χ3n) is 4.58. The predicted molar refractivity (Wildman–Crippen MR) is 126 cm³/mol. The molecule has 0 saturated carbocycles. The highest BCUT2D eigenvalue weighted by Gasteiger charge is 2.17. The Labute approximate surface area is 192 Å². The summed E-state index contributed by atoms with van der Waals surface area (Å²) in [6.45, 7) is 0. The van der Waals surface area contributed by atoms with Crippen LogP contribution in [0.1, 0.15) is 5.69 Å². The van der Waals surface area contributed by atoms with Gasteiger partial charge in [0.25, 0.3) is 0 Å². The van der Waals surface area contributed by atoms with Gasteiger partial charge in [-0.15, -0.1) is 21.5 Å². The van der Waals surface area contributed by atoms with Crippen LogP contribution in [0.5, 0.6) is 0 Å². The van der Waals surface area contributed by atoms with E-state index in [1.54, 1.807) is 35.9 Å². The second-order valence-corrected chi connectivity index (χ2v) is 8.58. The normalized spacial score (nSPS) is 10.9. The molecule has 6 nitrogen and oxygen atoms in total. The number of nitrogens with one attached hydrogen (secondary N) is 1. The smallest absolute Gasteiger partial charge is 0.196 e. The van der Waals surface area contributed by atoms with E-state index in [1.165, 1.54) is 23.9 Å². The fourth-order valence-electron chi connectivity index (χ4n) is 3.09. The molecule has 0 aliphatic rings. The number of aromatic nitrogens is 5. The fraction of sp³-hybridized carbons (Fsp3) is 0.0435. The van der Waals surface area contributed by atoms with Gasteiger partial charge in [0.15, 0.2) is 16.1 Å². The molecular weight excluding hydrogens is 443 g/mol. The Hall–Kier alpha value is -3.56.